The van der Waals surface area contributed by atoms with Crippen LogP contribution in [0.25, 0.3) is 27.4 Å². The summed E-state index contributed by atoms with van der Waals surface area (Å²) in [5.41, 5.74) is 4.05. The molecule has 5 fully saturated rings. The van der Waals surface area contributed by atoms with Gasteiger partial charge in [-0.3, -0.25) is 43.4 Å². The van der Waals surface area contributed by atoms with E-state index < -0.39 is 74.0 Å². The molecule has 3 aromatic heterocycles. The molecular weight excluding hydrogens is 1410 g/mol. The fourth-order valence-corrected chi connectivity index (χ4v) is 18.5. The second-order valence-corrected chi connectivity index (χ2v) is 32.2. The number of carboxylic acids is 2. The lowest BCUT2D eigenvalue weighted by atomic mass is 9.39. The van der Waals surface area contributed by atoms with Crippen LogP contribution in [0.15, 0.2) is 97.2 Å². The molecule has 106 heavy (non-hydrogen) atoms. The fraction of sp³-hybridized carbons (Fsp3) is 0.473. The van der Waals surface area contributed by atoms with Gasteiger partial charge in [-0.25, -0.2) is 24.4 Å². The molecule has 6 amide bonds. The average Bonchev–Trinajstić information content (AvgIpc) is 0.755. The van der Waals surface area contributed by atoms with Crippen molar-refractivity contribution in [3.8, 4) is 16.9 Å². The number of ether oxygens (including phenoxy) is 4. The first-order valence-electron chi connectivity index (χ1n) is 35.4. The Kier molecular flexibility index (Phi) is 22.8. The largest absolute Gasteiger partial charge is 0.479 e. The van der Waals surface area contributed by atoms with Crippen molar-refractivity contribution in [3.05, 3.63) is 131 Å². The smallest absolute Gasteiger partial charge is 0.410 e. The van der Waals surface area contributed by atoms with E-state index in [4.69, 9.17) is 29.0 Å². The number of rotatable bonds is 31. The minimum Gasteiger partial charge on any atom is -0.479 e. The third-order valence-corrected chi connectivity index (χ3v) is 22.5. The van der Waals surface area contributed by atoms with Crippen LogP contribution in [0, 0.1) is 23.2 Å². The van der Waals surface area contributed by atoms with E-state index in [1.165, 1.54) is 52.7 Å². The van der Waals surface area contributed by atoms with E-state index in [9.17, 15) is 78.2 Å². The van der Waals surface area contributed by atoms with Crippen LogP contribution in [-0.2, 0) is 62.3 Å². The fourth-order valence-electron chi connectivity index (χ4n) is 17.1. The summed E-state index contributed by atoms with van der Waals surface area (Å²) < 4.78 is 38.9. The zero-order chi connectivity index (χ0) is 75.5. The van der Waals surface area contributed by atoms with Crippen molar-refractivity contribution in [2.45, 2.75) is 154 Å². The number of carboxylic acid groups (broad SMARTS) is 2. The second-order valence-electron chi connectivity index (χ2n) is 29.4. The lowest BCUT2D eigenvalue weighted by Crippen LogP contribution is -2.64. The number of aliphatic carboxylic acids is 1. The Morgan fingerprint density at radius 2 is 1.58 bits per heavy atom. The number of nitrogens with zero attached hydrogens (tertiary/aromatic N) is 7. The molecular formula is C74H87N10O20PS. The number of carbonyl (C=O) groups excluding carboxylic acids is 6. The lowest BCUT2D eigenvalue weighted by Gasteiger charge is -2.69. The highest BCUT2D eigenvalue weighted by Gasteiger charge is 2.66. The van der Waals surface area contributed by atoms with Crippen LogP contribution >= 0.6 is 18.9 Å². The van der Waals surface area contributed by atoms with Gasteiger partial charge in [-0.05, 0) is 153 Å². The summed E-state index contributed by atoms with van der Waals surface area (Å²) in [6, 6.07) is 21.2. The Hall–Kier alpha value is -9.30. The number of anilines is 3. The van der Waals surface area contributed by atoms with Crippen molar-refractivity contribution >= 4 is 99.4 Å². The second kappa shape index (κ2) is 31.6. The molecule has 1 saturated heterocycles. The first kappa shape index (κ1) is 76.4. The molecule has 564 valence electrons. The normalized spacial score (nSPS) is 24.5. The molecule has 0 radical (unpaired) electrons. The molecule has 0 spiro atoms. The number of hydrogen-bond donors (Lipinski definition) is 10. The molecule has 10 N–H and O–H groups in total. The van der Waals surface area contributed by atoms with Crippen molar-refractivity contribution in [1.29, 1.82) is 0 Å². The topological polar surface area (TPSA) is 422 Å². The van der Waals surface area contributed by atoms with E-state index in [2.05, 4.69) is 34.8 Å². The number of unbranched alkanes of at least 4 members (excludes halogenated alkanes) is 2. The van der Waals surface area contributed by atoms with Crippen LogP contribution in [0.2, 0.25) is 0 Å². The van der Waals surface area contributed by atoms with Gasteiger partial charge < -0.3 is 74.7 Å². The first-order chi connectivity index (χ1) is 50.5. The molecule has 4 aliphatic carbocycles. The average molecular weight is 1500 g/mol. The van der Waals surface area contributed by atoms with E-state index in [0.717, 1.165) is 64.0 Å². The van der Waals surface area contributed by atoms with E-state index in [0.29, 0.717) is 84.9 Å². The molecule has 4 saturated carbocycles. The van der Waals surface area contributed by atoms with Crippen LogP contribution in [0.5, 0.6) is 5.75 Å². The van der Waals surface area contributed by atoms with Gasteiger partial charge in [0, 0.05) is 93.2 Å². The zero-order valence-corrected chi connectivity index (χ0v) is 60.6. The van der Waals surface area contributed by atoms with Gasteiger partial charge in [0.15, 0.2) is 16.9 Å². The quantitative estimate of drug-likeness (QED) is 0.0115. The van der Waals surface area contributed by atoms with Gasteiger partial charge >= 0.3 is 25.6 Å². The Balaban J connectivity index is 0.680. The monoisotopic (exact) mass is 1500 g/mol. The summed E-state index contributed by atoms with van der Waals surface area (Å²) in [6.45, 7) is 7.77. The standard InChI is InChI=1S/C74H87N10O20PS/c1-44-49(47-19-21-55(79-60(47)66(93)94)82-29-25-46-13-9-14-48(50(46)36-82)65(92)80-69-78-51-15-6-7-16-54(51)106-69)35-76-84(44)43-73-38-71(2)37-72(3,39-73)41-74(40-71,42-73)102-32-30-81(27-11-33-105(98,99)100)70(97)101-31-10-12-45-18-20-53(103-68-63(91)61(89)62(90)64(104-68)67(95)96)52(34-45)77-57(86)24-26-75-56(85)17-5-4-8-28-83-58(87)22-23-59(83)88/h6-7,9-10,12-16,18-23,34-35,61-64,68,89-91H,4-5,8,11,17,24-33,36-43H2,1-3H3,(H,75,85)(H,77,86)(H,93,94)(H,95,96)(H,78,80,92)(H2,98,99,100)/b12-10+/t61-,62-,63+,64-,68+,71?,72?,73?,74?/m0/s1. The van der Waals surface area contributed by atoms with Gasteiger partial charge in [0.05, 0.1) is 40.5 Å². The van der Waals surface area contributed by atoms with Gasteiger partial charge in [-0.2, -0.15) is 5.10 Å². The minimum absolute atomic E-state index is 0.0173. The molecule has 30 nitrogen and oxygen atoms in total. The summed E-state index contributed by atoms with van der Waals surface area (Å²) >= 11 is 1.39. The Morgan fingerprint density at radius 3 is 2.31 bits per heavy atom. The predicted molar refractivity (Wildman–Crippen MR) is 386 cm³/mol. The van der Waals surface area contributed by atoms with Gasteiger partial charge in [0.2, 0.25) is 18.1 Å². The number of pyridine rings is 1. The van der Waals surface area contributed by atoms with Crippen molar-refractivity contribution in [3.63, 3.8) is 0 Å². The van der Waals surface area contributed by atoms with Gasteiger partial charge in [-0.1, -0.05) is 68.0 Å². The highest BCUT2D eigenvalue weighted by Crippen LogP contribution is 2.72. The molecule has 7 atom stereocenters. The highest BCUT2D eigenvalue weighted by molar-refractivity contribution is 7.51. The number of thiazole rings is 1. The van der Waals surface area contributed by atoms with Crippen molar-refractivity contribution < 1.29 is 97.2 Å². The number of aromatic carboxylic acids is 1. The summed E-state index contributed by atoms with van der Waals surface area (Å²) in [7, 11) is -4.46. The predicted octanol–water partition coefficient (Wildman–Crippen LogP) is 7.43. The SMILES string of the molecule is Cc1c(-c2ccc(N3CCc4cccc(C(=O)Nc5nc6ccccc6s5)c4C3)nc2C(=O)O)cnn1CC12CC3(C)CC(C)(C1)CC(OCCN(CCCP(=O)(O)O)C(=O)OC/C=C/c1ccc(O[C@@H]4O[C@H](C(=O)O)[C@@H](O)[C@H](O)[C@H]4O)c(NC(=O)CCNC(=O)CCCCCN4C(=O)C=CC4=O)c1)(C3)C2. The number of aromatic nitrogens is 4. The molecule has 6 aromatic rings. The van der Waals surface area contributed by atoms with Crippen molar-refractivity contribution in [2.24, 2.45) is 16.2 Å². The van der Waals surface area contributed by atoms with Crippen LogP contribution < -0.4 is 25.6 Å². The molecule has 3 aromatic carbocycles. The Bertz CT molecular complexity index is 4430. The molecule has 32 heteroatoms. The third kappa shape index (κ3) is 17.7. The van der Waals surface area contributed by atoms with E-state index >= 15 is 0 Å². The maximum absolute atomic E-state index is 14.0. The van der Waals surface area contributed by atoms with Gasteiger partial charge in [0.1, 0.15) is 36.5 Å². The molecule has 3 aliphatic heterocycles. The summed E-state index contributed by atoms with van der Waals surface area (Å²) in [5, 5.41) is 65.7. The zero-order valence-electron chi connectivity index (χ0n) is 58.9. The number of nitrogens with one attached hydrogen (secondary N) is 3. The van der Waals surface area contributed by atoms with E-state index in [1.807, 2.05) is 59.0 Å². The Labute approximate surface area is 613 Å². The molecule has 7 aliphatic rings. The minimum atomic E-state index is -4.46. The summed E-state index contributed by atoms with van der Waals surface area (Å²) in [6.07, 6.45) is 2.97. The number of benzene rings is 3. The molecule has 4 bridgehead atoms. The van der Waals surface area contributed by atoms with Crippen molar-refractivity contribution in [2.75, 3.05) is 67.6 Å². The number of aliphatic hydroxyl groups excluding tert-OH is 3. The summed E-state index contributed by atoms with van der Waals surface area (Å²) in [5.74, 6) is -4.58. The lowest BCUT2D eigenvalue weighted by molar-refractivity contribution is -0.271. The maximum Gasteiger partial charge on any atom is 0.410 e. The van der Waals surface area contributed by atoms with Crippen LogP contribution in [0.3, 0.4) is 0 Å². The number of para-hydroxylation sites is 1. The number of aliphatic hydroxyl groups is 3. The third-order valence-electron chi connectivity index (χ3n) is 20.7. The molecule has 6 heterocycles. The number of carbonyl (C=O) groups is 8. The number of imide groups is 1. The Morgan fingerprint density at radius 1 is 0.811 bits per heavy atom. The van der Waals surface area contributed by atoms with Gasteiger partial charge in [0.25, 0.3) is 17.7 Å². The van der Waals surface area contributed by atoms with E-state index in [-0.39, 0.29) is 116 Å². The number of amides is 6. The first-order valence-corrected chi connectivity index (χ1v) is 38.0. The molecule has 2 unspecified atom stereocenters. The summed E-state index contributed by atoms with van der Waals surface area (Å²) in [4.78, 5) is 136. The van der Waals surface area contributed by atoms with Gasteiger partial charge in [-0.15, -0.1) is 0 Å². The maximum atomic E-state index is 14.0. The number of hydrogen-bond acceptors (Lipinski definition) is 21. The van der Waals surface area contributed by atoms with Crippen LogP contribution in [0.1, 0.15) is 134 Å². The van der Waals surface area contributed by atoms with Crippen LogP contribution in [0.4, 0.5) is 21.4 Å². The highest BCUT2D eigenvalue weighted by atomic mass is 32.1. The molecule has 13 rings (SSSR count). The van der Waals surface area contributed by atoms with Crippen molar-refractivity contribution in [1.82, 2.24) is 34.9 Å². The number of fused-ring (bicyclic) bond motifs is 2. The van der Waals surface area contributed by atoms with E-state index in [1.54, 1.807) is 24.4 Å². The van der Waals surface area contributed by atoms with Crippen LogP contribution in [-0.4, -0.2) is 201 Å².